The molecule has 27 heavy (non-hydrogen) atoms. The van der Waals surface area contributed by atoms with E-state index in [1.807, 2.05) is 44.2 Å². The number of hydrogen-bond acceptors (Lipinski definition) is 7. The minimum Gasteiger partial charge on any atom is -0.464 e. The first kappa shape index (κ1) is 20.6. The lowest BCUT2D eigenvalue weighted by Crippen LogP contribution is -2.40. The molecule has 0 fully saturated rings. The van der Waals surface area contributed by atoms with Gasteiger partial charge in [-0.2, -0.15) is 0 Å². The number of rotatable bonds is 8. The molecule has 8 heteroatoms. The van der Waals surface area contributed by atoms with Crippen LogP contribution in [0.2, 0.25) is 0 Å². The number of methoxy groups -OCH3 is 1. The van der Waals surface area contributed by atoms with Crippen LogP contribution in [-0.4, -0.2) is 36.0 Å². The summed E-state index contributed by atoms with van der Waals surface area (Å²) >= 11 is 1.08. The molecule has 0 saturated carbocycles. The molecule has 7 nitrogen and oxygen atoms in total. The van der Waals surface area contributed by atoms with Crippen LogP contribution in [0.15, 0.2) is 35.7 Å². The predicted molar refractivity (Wildman–Crippen MR) is 101 cm³/mol. The highest BCUT2D eigenvalue weighted by Gasteiger charge is 2.24. The van der Waals surface area contributed by atoms with Crippen molar-refractivity contribution >= 4 is 29.2 Å². The number of nitrogens with one attached hydrogen (secondary N) is 1. The van der Waals surface area contributed by atoms with Crippen molar-refractivity contribution in [2.45, 2.75) is 32.9 Å². The minimum absolute atomic E-state index is 0.0123. The highest BCUT2D eigenvalue weighted by Crippen LogP contribution is 2.16. The van der Waals surface area contributed by atoms with Gasteiger partial charge in [-0.05, 0) is 11.5 Å². The Kier molecular flexibility index (Phi) is 7.48. The molecule has 1 N–H and O–H groups in total. The minimum atomic E-state index is -0.590. The topological polar surface area (TPSA) is 94.6 Å². The fourth-order valence-corrected chi connectivity index (χ4v) is 2.99. The van der Waals surface area contributed by atoms with Gasteiger partial charge in [0, 0.05) is 17.8 Å². The summed E-state index contributed by atoms with van der Waals surface area (Å²) in [6, 6.07) is 8.92. The van der Waals surface area contributed by atoms with Crippen molar-refractivity contribution < 1.29 is 23.9 Å². The third-order valence-corrected chi connectivity index (χ3v) is 4.75. The average molecular weight is 390 g/mol. The number of ketones is 1. The highest BCUT2D eigenvalue weighted by molar-refractivity contribution is 7.11. The molecule has 0 aliphatic rings. The van der Waals surface area contributed by atoms with Gasteiger partial charge in [0.1, 0.15) is 6.61 Å². The Bertz CT molecular complexity index is 788. The van der Waals surface area contributed by atoms with Crippen LogP contribution < -0.4 is 5.32 Å². The Morgan fingerprint density at radius 1 is 1.19 bits per heavy atom. The summed E-state index contributed by atoms with van der Waals surface area (Å²) < 4.78 is 9.80. The first-order valence-corrected chi connectivity index (χ1v) is 9.33. The van der Waals surface area contributed by atoms with Gasteiger partial charge < -0.3 is 14.8 Å². The summed E-state index contributed by atoms with van der Waals surface area (Å²) in [6.45, 7) is 3.95. The molecule has 0 radical (unpaired) electrons. The number of alkyl carbamates (subject to hydrolysis) is 1. The molecule has 0 aliphatic heterocycles. The zero-order chi connectivity index (χ0) is 19.8. The molecular formula is C19H22N2O5S. The summed E-state index contributed by atoms with van der Waals surface area (Å²) in [5.74, 6) is -0.830. The first-order valence-electron chi connectivity index (χ1n) is 8.45. The molecular weight excluding hydrogens is 368 g/mol. The van der Waals surface area contributed by atoms with Crippen molar-refractivity contribution in [1.82, 2.24) is 10.3 Å². The Morgan fingerprint density at radius 3 is 2.52 bits per heavy atom. The van der Waals surface area contributed by atoms with Crippen molar-refractivity contribution in [1.29, 1.82) is 0 Å². The standard InChI is InChI=1S/C19H22N2O5S/c1-12(2)14(21-19(24)26-10-13-7-5-4-6-8-13)9-16(22)17-20-15(11-27-17)18(23)25-3/h4-8,11-12,14H,9-10H2,1-3H3,(H,21,24)/t14-/m1/s1. The van der Waals surface area contributed by atoms with E-state index in [1.54, 1.807) is 0 Å². The highest BCUT2D eigenvalue weighted by atomic mass is 32.1. The van der Waals surface area contributed by atoms with E-state index in [0.717, 1.165) is 16.9 Å². The molecule has 0 aliphatic carbocycles. The van der Waals surface area contributed by atoms with Gasteiger partial charge in [-0.15, -0.1) is 11.3 Å². The van der Waals surface area contributed by atoms with E-state index in [9.17, 15) is 14.4 Å². The number of esters is 1. The number of Topliss-reactive ketones (excluding diaryl/α,β-unsaturated/α-hetero) is 1. The quantitative estimate of drug-likeness (QED) is 0.548. The Morgan fingerprint density at radius 2 is 1.89 bits per heavy atom. The third kappa shape index (κ3) is 6.18. The number of carbonyl (C=O) groups excluding carboxylic acids is 3. The molecule has 1 heterocycles. The van der Waals surface area contributed by atoms with Gasteiger partial charge >= 0.3 is 12.1 Å². The SMILES string of the molecule is COC(=O)c1csc(C(=O)C[C@@H](NC(=O)OCc2ccccc2)C(C)C)n1. The van der Waals surface area contributed by atoms with E-state index in [-0.39, 0.29) is 35.4 Å². The summed E-state index contributed by atoms with van der Waals surface area (Å²) in [5.41, 5.74) is 0.977. The lowest BCUT2D eigenvalue weighted by molar-refractivity contribution is 0.0595. The largest absolute Gasteiger partial charge is 0.464 e. The second kappa shape index (κ2) is 9.82. The number of benzene rings is 1. The number of ether oxygens (including phenoxy) is 2. The van der Waals surface area contributed by atoms with Crippen LogP contribution >= 0.6 is 11.3 Å². The molecule has 2 aromatic rings. The van der Waals surface area contributed by atoms with Crippen LogP contribution in [0.5, 0.6) is 0 Å². The van der Waals surface area contributed by atoms with Crippen molar-refractivity contribution in [3.8, 4) is 0 Å². The fraction of sp³-hybridized carbons (Fsp3) is 0.368. The lowest BCUT2D eigenvalue weighted by atomic mass is 9.99. The molecule has 144 valence electrons. The average Bonchev–Trinajstić information content (AvgIpc) is 3.16. The summed E-state index contributed by atoms with van der Waals surface area (Å²) in [6.07, 6.45) is -0.522. The predicted octanol–water partition coefficient (Wildman–Crippen LogP) is 3.45. The number of aromatic nitrogens is 1. The molecule has 1 atom stereocenters. The van der Waals surface area contributed by atoms with Crippen molar-refractivity contribution in [2.75, 3.05) is 7.11 Å². The zero-order valence-electron chi connectivity index (χ0n) is 15.4. The smallest absolute Gasteiger partial charge is 0.407 e. The van der Waals surface area contributed by atoms with Crippen molar-refractivity contribution in [3.05, 3.63) is 52.0 Å². The van der Waals surface area contributed by atoms with Crippen LogP contribution in [0.3, 0.4) is 0 Å². The van der Waals surface area contributed by atoms with Gasteiger partial charge in [0.05, 0.1) is 7.11 Å². The van der Waals surface area contributed by atoms with Crippen molar-refractivity contribution in [3.63, 3.8) is 0 Å². The van der Waals surface area contributed by atoms with E-state index in [0.29, 0.717) is 0 Å². The summed E-state index contributed by atoms with van der Waals surface area (Å²) in [7, 11) is 1.25. The monoisotopic (exact) mass is 390 g/mol. The third-order valence-electron chi connectivity index (χ3n) is 3.86. The normalized spacial score (nSPS) is 11.7. The van der Waals surface area contributed by atoms with E-state index < -0.39 is 18.1 Å². The van der Waals surface area contributed by atoms with Crippen LogP contribution in [0.4, 0.5) is 4.79 Å². The second-order valence-electron chi connectivity index (χ2n) is 6.21. The van der Waals surface area contributed by atoms with Gasteiger partial charge in [0.15, 0.2) is 16.5 Å². The van der Waals surface area contributed by atoms with E-state index >= 15 is 0 Å². The molecule has 0 unspecified atom stereocenters. The molecule has 1 amide bonds. The maximum Gasteiger partial charge on any atom is 0.407 e. The lowest BCUT2D eigenvalue weighted by Gasteiger charge is -2.21. The number of carbonyl (C=O) groups is 3. The molecule has 1 aromatic carbocycles. The second-order valence-corrected chi connectivity index (χ2v) is 7.07. The number of thiazole rings is 1. The maximum atomic E-state index is 12.4. The van der Waals surface area contributed by atoms with Crippen LogP contribution in [0.25, 0.3) is 0 Å². The van der Waals surface area contributed by atoms with Gasteiger partial charge in [-0.25, -0.2) is 14.6 Å². The molecule has 1 aromatic heterocycles. The number of nitrogens with zero attached hydrogens (tertiary/aromatic N) is 1. The molecule has 0 bridgehead atoms. The van der Waals surface area contributed by atoms with Crippen molar-refractivity contribution in [2.24, 2.45) is 5.92 Å². The molecule has 0 saturated heterocycles. The van der Waals surface area contributed by atoms with Gasteiger partial charge in [-0.3, -0.25) is 4.79 Å². The Labute approximate surface area is 161 Å². The van der Waals surface area contributed by atoms with Gasteiger partial charge in [-0.1, -0.05) is 44.2 Å². The first-order chi connectivity index (χ1) is 12.9. The maximum absolute atomic E-state index is 12.4. The van der Waals surface area contributed by atoms with Crippen LogP contribution in [0.1, 0.15) is 46.1 Å². The fourth-order valence-electron chi connectivity index (χ4n) is 2.26. The Balaban J connectivity index is 1.92. The number of amides is 1. The Hall–Kier alpha value is -2.74. The zero-order valence-corrected chi connectivity index (χ0v) is 16.2. The molecule has 0 spiro atoms. The van der Waals surface area contributed by atoms with Crippen LogP contribution in [-0.2, 0) is 16.1 Å². The van der Waals surface area contributed by atoms with E-state index in [4.69, 9.17) is 4.74 Å². The van der Waals surface area contributed by atoms with Gasteiger partial charge in [0.25, 0.3) is 0 Å². The van der Waals surface area contributed by atoms with Crippen LogP contribution in [0, 0.1) is 5.92 Å². The summed E-state index contributed by atoms with van der Waals surface area (Å²) in [4.78, 5) is 40.0. The summed E-state index contributed by atoms with van der Waals surface area (Å²) in [5, 5.41) is 4.42. The van der Waals surface area contributed by atoms with E-state index in [1.165, 1.54) is 12.5 Å². The number of hydrogen-bond donors (Lipinski definition) is 1. The van der Waals surface area contributed by atoms with E-state index in [2.05, 4.69) is 15.0 Å². The van der Waals surface area contributed by atoms with Gasteiger partial charge in [0.2, 0.25) is 0 Å². The molecule has 2 rings (SSSR count).